The number of rotatable bonds is 5. The molecular weight excluding hydrogens is 202 g/mol. The first-order valence-corrected chi connectivity index (χ1v) is 5.77. The number of hydrogen-bond donors (Lipinski definition) is 2. The molecule has 0 radical (unpaired) electrons. The van der Waals surface area contributed by atoms with E-state index in [1.54, 1.807) is 6.20 Å². The van der Waals surface area contributed by atoms with E-state index in [1.165, 1.54) is 0 Å². The molecule has 1 rings (SSSR count). The molecule has 0 unspecified atom stereocenters. The van der Waals surface area contributed by atoms with Gasteiger partial charge in [-0.05, 0) is 26.7 Å². The van der Waals surface area contributed by atoms with Gasteiger partial charge in [0.15, 0.2) is 0 Å². The monoisotopic (exact) mass is 223 g/mol. The lowest BCUT2D eigenvalue weighted by Crippen LogP contribution is -2.35. The highest BCUT2D eigenvalue weighted by Crippen LogP contribution is 2.16. The maximum absolute atomic E-state index is 10.1. The first-order valence-electron chi connectivity index (χ1n) is 5.77. The highest BCUT2D eigenvalue weighted by Gasteiger charge is 2.22. The van der Waals surface area contributed by atoms with E-state index in [9.17, 15) is 5.11 Å². The van der Waals surface area contributed by atoms with Crippen molar-refractivity contribution < 1.29 is 5.11 Å². The van der Waals surface area contributed by atoms with Gasteiger partial charge < -0.3 is 10.4 Å². The van der Waals surface area contributed by atoms with Crippen LogP contribution in [0.4, 0.5) is 5.82 Å². The molecule has 4 nitrogen and oxygen atoms in total. The smallest absolute Gasteiger partial charge is 0.147 e. The molecular formula is C12H21N3O. The molecule has 0 aromatic carbocycles. The van der Waals surface area contributed by atoms with Crippen LogP contribution in [-0.4, -0.2) is 27.2 Å². The molecule has 0 fully saturated rings. The van der Waals surface area contributed by atoms with Crippen molar-refractivity contribution in [3.8, 4) is 0 Å². The van der Waals surface area contributed by atoms with Crippen molar-refractivity contribution in [2.24, 2.45) is 0 Å². The van der Waals surface area contributed by atoms with Gasteiger partial charge >= 0.3 is 0 Å². The molecule has 0 atom stereocenters. The molecule has 90 valence electrons. The first kappa shape index (κ1) is 12.9. The fourth-order valence-corrected chi connectivity index (χ4v) is 1.45. The van der Waals surface area contributed by atoms with E-state index in [4.69, 9.17) is 0 Å². The van der Waals surface area contributed by atoms with Crippen molar-refractivity contribution in [1.82, 2.24) is 9.97 Å². The largest absolute Gasteiger partial charge is 0.388 e. The van der Waals surface area contributed by atoms with Crippen LogP contribution in [0.2, 0.25) is 0 Å². The maximum Gasteiger partial charge on any atom is 0.147 e. The van der Waals surface area contributed by atoms with Crippen LogP contribution in [0.15, 0.2) is 6.20 Å². The van der Waals surface area contributed by atoms with Gasteiger partial charge in [0, 0.05) is 12.7 Å². The van der Waals surface area contributed by atoms with Crippen LogP contribution < -0.4 is 5.32 Å². The second-order valence-corrected chi connectivity index (χ2v) is 4.23. The summed E-state index contributed by atoms with van der Waals surface area (Å²) in [5.74, 6) is 0.764. The zero-order valence-corrected chi connectivity index (χ0v) is 10.5. The second kappa shape index (κ2) is 5.25. The molecule has 1 heterocycles. The predicted molar refractivity (Wildman–Crippen MR) is 65.5 cm³/mol. The SMILES string of the molecule is CCC(O)(CC)CNc1nc(C)cnc1C. The van der Waals surface area contributed by atoms with Gasteiger partial charge in [-0.3, -0.25) is 4.98 Å². The summed E-state index contributed by atoms with van der Waals surface area (Å²) in [5.41, 5.74) is 1.09. The van der Waals surface area contributed by atoms with E-state index in [2.05, 4.69) is 15.3 Å². The maximum atomic E-state index is 10.1. The molecule has 16 heavy (non-hydrogen) atoms. The van der Waals surface area contributed by atoms with Crippen LogP contribution in [-0.2, 0) is 0 Å². The lowest BCUT2D eigenvalue weighted by molar-refractivity contribution is 0.0456. The summed E-state index contributed by atoms with van der Waals surface area (Å²) in [6, 6.07) is 0. The molecule has 0 saturated heterocycles. The van der Waals surface area contributed by atoms with Crippen LogP contribution in [0.3, 0.4) is 0 Å². The summed E-state index contributed by atoms with van der Waals surface area (Å²) in [6.07, 6.45) is 3.20. The Morgan fingerprint density at radius 2 is 1.94 bits per heavy atom. The van der Waals surface area contributed by atoms with Crippen LogP contribution >= 0.6 is 0 Å². The first-order chi connectivity index (χ1) is 7.50. The Labute approximate surface area is 97.1 Å². The van der Waals surface area contributed by atoms with Gasteiger partial charge in [-0.2, -0.15) is 0 Å². The molecule has 0 saturated carbocycles. The Hall–Kier alpha value is -1.16. The van der Waals surface area contributed by atoms with Gasteiger partial charge in [0.1, 0.15) is 5.82 Å². The summed E-state index contributed by atoms with van der Waals surface area (Å²) >= 11 is 0. The minimum Gasteiger partial charge on any atom is -0.388 e. The van der Waals surface area contributed by atoms with E-state index in [0.717, 1.165) is 30.0 Å². The van der Waals surface area contributed by atoms with Crippen LogP contribution in [0.1, 0.15) is 38.1 Å². The Morgan fingerprint density at radius 1 is 1.31 bits per heavy atom. The van der Waals surface area contributed by atoms with Crippen LogP contribution in [0.25, 0.3) is 0 Å². The number of nitrogens with one attached hydrogen (secondary N) is 1. The van der Waals surface area contributed by atoms with Crippen molar-refractivity contribution in [3.63, 3.8) is 0 Å². The molecule has 2 N–H and O–H groups in total. The summed E-state index contributed by atoms with van der Waals surface area (Å²) in [5, 5.41) is 13.3. The van der Waals surface area contributed by atoms with Gasteiger partial charge in [0.25, 0.3) is 0 Å². The van der Waals surface area contributed by atoms with E-state index >= 15 is 0 Å². The number of aryl methyl sites for hydroxylation is 2. The molecule has 0 amide bonds. The Kier molecular flexibility index (Phi) is 4.24. The fraction of sp³-hybridized carbons (Fsp3) is 0.667. The van der Waals surface area contributed by atoms with Gasteiger partial charge in [-0.15, -0.1) is 0 Å². The minimum atomic E-state index is -0.655. The van der Waals surface area contributed by atoms with Gasteiger partial charge in [0.05, 0.1) is 17.0 Å². The van der Waals surface area contributed by atoms with E-state index in [0.29, 0.717) is 6.54 Å². The molecule has 4 heteroatoms. The van der Waals surface area contributed by atoms with Crippen molar-refractivity contribution in [1.29, 1.82) is 0 Å². The van der Waals surface area contributed by atoms with E-state index in [1.807, 2.05) is 27.7 Å². The number of anilines is 1. The average Bonchev–Trinajstić information content (AvgIpc) is 2.30. The lowest BCUT2D eigenvalue weighted by atomic mass is 9.98. The van der Waals surface area contributed by atoms with Crippen molar-refractivity contribution in [2.45, 2.75) is 46.1 Å². The molecule has 0 aliphatic rings. The molecule has 1 aromatic heterocycles. The van der Waals surface area contributed by atoms with Crippen LogP contribution in [0.5, 0.6) is 0 Å². The van der Waals surface area contributed by atoms with Crippen molar-refractivity contribution in [2.75, 3.05) is 11.9 Å². The molecule has 0 bridgehead atoms. The molecule has 0 spiro atoms. The third kappa shape index (κ3) is 3.17. The lowest BCUT2D eigenvalue weighted by Gasteiger charge is -2.25. The number of hydrogen-bond acceptors (Lipinski definition) is 4. The molecule has 1 aromatic rings. The van der Waals surface area contributed by atoms with Gasteiger partial charge in [-0.25, -0.2) is 4.98 Å². The number of aliphatic hydroxyl groups is 1. The fourth-order valence-electron chi connectivity index (χ4n) is 1.45. The quantitative estimate of drug-likeness (QED) is 0.802. The number of nitrogens with zero attached hydrogens (tertiary/aromatic N) is 2. The molecule has 0 aliphatic heterocycles. The highest BCUT2D eigenvalue weighted by molar-refractivity contribution is 5.39. The third-order valence-corrected chi connectivity index (χ3v) is 2.98. The van der Waals surface area contributed by atoms with E-state index in [-0.39, 0.29) is 0 Å². The van der Waals surface area contributed by atoms with Crippen LogP contribution in [0, 0.1) is 13.8 Å². The molecule has 0 aliphatic carbocycles. The summed E-state index contributed by atoms with van der Waals surface area (Å²) in [4.78, 5) is 8.58. The van der Waals surface area contributed by atoms with Crippen molar-refractivity contribution >= 4 is 5.82 Å². The summed E-state index contributed by atoms with van der Waals surface area (Å²) < 4.78 is 0. The Balaban J connectivity index is 2.70. The highest BCUT2D eigenvalue weighted by atomic mass is 16.3. The van der Waals surface area contributed by atoms with Crippen molar-refractivity contribution in [3.05, 3.63) is 17.6 Å². The summed E-state index contributed by atoms with van der Waals surface area (Å²) in [6.45, 7) is 8.30. The third-order valence-electron chi connectivity index (χ3n) is 2.98. The van der Waals surface area contributed by atoms with Gasteiger partial charge in [-0.1, -0.05) is 13.8 Å². The predicted octanol–water partition coefficient (Wildman–Crippen LogP) is 2.06. The second-order valence-electron chi connectivity index (χ2n) is 4.23. The average molecular weight is 223 g/mol. The topological polar surface area (TPSA) is 58.0 Å². The number of aromatic nitrogens is 2. The zero-order chi connectivity index (χ0) is 12.2. The van der Waals surface area contributed by atoms with Gasteiger partial charge in [0.2, 0.25) is 0 Å². The standard InChI is InChI=1S/C12H21N3O/c1-5-12(16,6-2)8-14-11-10(4)13-7-9(3)15-11/h7,16H,5-6,8H2,1-4H3,(H,14,15). The zero-order valence-electron chi connectivity index (χ0n) is 10.5. The van der Waals surface area contributed by atoms with E-state index < -0.39 is 5.60 Å². The Bertz CT molecular complexity index is 348. The normalized spacial score (nSPS) is 11.6. The Morgan fingerprint density at radius 3 is 2.50 bits per heavy atom. The minimum absolute atomic E-state index is 0.513. The summed E-state index contributed by atoms with van der Waals surface area (Å²) in [7, 11) is 0.